The van der Waals surface area contributed by atoms with E-state index in [2.05, 4.69) is 36.5 Å². The molecule has 5 nitrogen and oxygen atoms in total. The van der Waals surface area contributed by atoms with E-state index >= 15 is 0 Å². The first-order valence-corrected chi connectivity index (χ1v) is 9.48. The predicted molar refractivity (Wildman–Crippen MR) is 104 cm³/mol. The van der Waals surface area contributed by atoms with Crippen LogP contribution in [0.2, 0.25) is 0 Å². The molecule has 0 saturated carbocycles. The first kappa shape index (κ1) is 18.5. The summed E-state index contributed by atoms with van der Waals surface area (Å²) in [5.74, 6) is -0.113. The van der Waals surface area contributed by atoms with E-state index in [4.69, 9.17) is 4.74 Å². The third-order valence-electron chi connectivity index (χ3n) is 3.94. The van der Waals surface area contributed by atoms with E-state index in [9.17, 15) is 4.79 Å². The highest BCUT2D eigenvalue weighted by Crippen LogP contribution is 2.21. The van der Waals surface area contributed by atoms with E-state index in [0.717, 1.165) is 27.3 Å². The Kier molecular flexibility index (Phi) is 6.33. The highest BCUT2D eigenvalue weighted by molar-refractivity contribution is 7.18. The second kappa shape index (κ2) is 8.89. The van der Waals surface area contributed by atoms with E-state index in [1.54, 1.807) is 11.3 Å². The third-order valence-corrected chi connectivity index (χ3v) is 4.95. The van der Waals surface area contributed by atoms with Crippen molar-refractivity contribution in [2.24, 2.45) is 0 Å². The number of nitrogens with zero attached hydrogens (tertiary/aromatic N) is 1. The van der Waals surface area contributed by atoms with Crippen molar-refractivity contribution >= 4 is 27.5 Å². The number of hydrogen-bond donors (Lipinski definition) is 2. The molecule has 1 heterocycles. The van der Waals surface area contributed by atoms with E-state index < -0.39 is 0 Å². The molecule has 26 heavy (non-hydrogen) atoms. The van der Waals surface area contributed by atoms with Crippen LogP contribution in [0, 0.1) is 0 Å². The van der Waals surface area contributed by atoms with Crippen molar-refractivity contribution in [1.82, 2.24) is 10.3 Å². The Hall–Kier alpha value is -2.28. The van der Waals surface area contributed by atoms with Crippen LogP contribution in [-0.4, -0.2) is 31.6 Å². The zero-order valence-corrected chi connectivity index (χ0v) is 15.9. The van der Waals surface area contributed by atoms with E-state index in [-0.39, 0.29) is 12.5 Å². The van der Waals surface area contributed by atoms with Crippen molar-refractivity contribution in [2.75, 3.05) is 20.7 Å². The number of rotatable bonds is 8. The van der Waals surface area contributed by atoms with Crippen molar-refractivity contribution in [1.29, 1.82) is 0 Å². The van der Waals surface area contributed by atoms with Gasteiger partial charge in [0, 0.05) is 12.1 Å². The van der Waals surface area contributed by atoms with Crippen LogP contribution in [0.5, 0.6) is 0 Å². The third kappa shape index (κ3) is 5.11. The lowest BCUT2D eigenvalue weighted by atomic mass is 10.1. The number of nitrogens with one attached hydrogen (secondary N) is 2. The molecule has 1 amide bonds. The van der Waals surface area contributed by atoms with Crippen LogP contribution in [0.1, 0.15) is 16.1 Å². The fourth-order valence-corrected chi connectivity index (χ4v) is 3.65. The smallest absolute Gasteiger partial charge is 0.246 e. The maximum Gasteiger partial charge on any atom is 0.246 e. The summed E-state index contributed by atoms with van der Waals surface area (Å²) in [6.07, 6.45) is 0. The van der Waals surface area contributed by atoms with Crippen molar-refractivity contribution in [3.8, 4) is 0 Å². The molecule has 1 aromatic heterocycles. The van der Waals surface area contributed by atoms with Gasteiger partial charge >= 0.3 is 0 Å². The molecule has 0 radical (unpaired) electrons. The Morgan fingerprint density at radius 3 is 2.62 bits per heavy atom. The lowest BCUT2D eigenvalue weighted by molar-refractivity contribution is -0.872. The number of thiazole rings is 1. The molecule has 0 saturated heterocycles. The number of quaternary nitrogens is 1. The Morgan fingerprint density at radius 1 is 1.12 bits per heavy atom. The zero-order chi connectivity index (χ0) is 18.4. The van der Waals surface area contributed by atoms with E-state index in [1.165, 1.54) is 10.5 Å². The number of amides is 1. The fourth-order valence-electron chi connectivity index (χ4n) is 2.74. The largest absolute Gasteiger partial charge is 0.364 e. The first-order chi connectivity index (χ1) is 12.6. The lowest BCUT2D eigenvalue weighted by Gasteiger charge is -2.13. The fraction of sp³-hybridized carbons (Fsp3) is 0.300. The molecule has 0 fully saturated rings. The summed E-state index contributed by atoms with van der Waals surface area (Å²) in [7, 11) is 4.23. The van der Waals surface area contributed by atoms with Crippen LogP contribution in [0.4, 0.5) is 0 Å². The lowest BCUT2D eigenvalue weighted by Crippen LogP contribution is -3.04. The number of ether oxygens (including phenoxy) is 1. The zero-order valence-electron chi connectivity index (χ0n) is 15.1. The van der Waals surface area contributed by atoms with Gasteiger partial charge in [0.2, 0.25) is 5.91 Å². The van der Waals surface area contributed by atoms with Gasteiger partial charge in [-0.05, 0) is 17.7 Å². The highest BCUT2D eigenvalue weighted by Gasteiger charge is 2.08. The van der Waals surface area contributed by atoms with Gasteiger partial charge in [-0.1, -0.05) is 36.4 Å². The topological polar surface area (TPSA) is 55.7 Å². The Morgan fingerprint density at radius 2 is 1.85 bits per heavy atom. The Balaban J connectivity index is 1.46. The molecule has 2 N–H and O–H groups in total. The summed E-state index contributed by atoms with van der Waals surface area (Å²) >= 11 is 1.60. The number of hydrogen-bond acceptors (Lipinski definition) is 4. The van der Waals surface area contributed by atoms with Gasteiger partial charge in [-0.2, -0.15) is 0 Å². The Labute approximate surface area is 157 Å². The quantitative estimate of drug-likeness (QED) is 0.635. The van der Waals surface area contributed by atoms with Crippen molar-refractivity contribution in [2.45, 2.75) is 19.7 Å². The molecular weight excluding hydrogens is 346 g/mol. The number of aromatic nitrogens is 1. The normalized spacial score (nSPS) is 11.2. The first-order valence-electron chi connectivity index (χ1n) is 8.66. The van der Waals surface area contributed by atoms with Crippen LogP contribution in [0.3, 0.4) is 0 Å². The van der Waals surface area contributed by atoms with Gasteiger partial charge in [0.1, 0.15) is 18.2 Å². The van der Waals surface area contributed by atoms with Gasteiger partial charge in [0.25, 0.3) is 0 Å². The van der Waals surface area contributed by atoms with E-state index in [0.29, 0.717) is 13.2 Å². The average molecular weight is 370 g/mol. The Bertz CT molecular complexity index is 843. The minimum atomic E-state index is -0.113. The minimum absolute atomic E-state index is 0.0387. The van der Waals surface area contributed by atoms with Gasteiger partial charge in [-0.25, -0.2) is 4.98 Å². The van der Waals surface area contributed by atoms with Gasteiger partial charge in [0.05, 0.1) is 30.9 Å². The molecule has 0 unspecified atom stereocenters. The molecule has 0 aliphatic rings. The molecule has 3 aromatic rings. The highest BCUT2D eigenvalue weighted by atomic mass is 32.1. The number of fused-ring (bicyclic) bond motifs is 1. The molecule has 3 rings (SSSR count). The maximum absolute atomic E-state index is 12.1. The van der Waals surface area contributed by atoms with Gasteiger partial charge < -0.3 is 15.0 Å². The molecule has 0 bridgehead atoms. The predicted octanol–water partition coefficient (Wildman–Crippen LogP) is 1.77. The van der Waals surface area contributed by atoms with Crippen molar-refractivity contribution in [3.05, 3.63) is 64.7 Å². The van der Waals surface area contributed by atoms with E-state index in [1.807, 2.05) is 36.4 Å². The summed E-state index contributed by atoms with van der Waals surface area (Å²) in [5, 5.41) is 3.82. The van der Waals surface area contributed by atoms with Crippen LogP contribution in [0.25, 0.3) is 10.2 Å². The van der Waals surface area contributed by atoms with Crippen LogP contribution < -0.4 is 10.2 Å². The SMILES string of the molecule is C[NH+](C)Cc1ccccc1CNC(=O)COCc1nc2ccccc2s1. The van der Waals surface area contributed by atoms with Gasteiger partial charge in [-0.3, -0.25) is 4.79 Å². The summed E-state index contributed by atoms with van der Waals surface area (Å²) in [6.45, 7) is 1.84. The molecular formula is C20H24N3O2S+. The summed E-state index contributed by atoms with van der Waals surface area (Å²) in [5.41, 5.74) is 3.37. The molecule has 0 aliphatic heterocycles. The summed E-state index contributed by atoms with van der Waals surface area (Å²) in [6, 6.07) is 16.2. The molecule has 0 atom stereocenters. The molecule has 0 aliphatic carbocycles. The van der Waals surface area contributed by atoms with Gasteiger partial charge in [0.15, 0.2) is 0 Å². The molecule has 136 valence electrons. The monoisotopic (exact) mass is 370 g/mol. The average Bonchev–Trinajstić information content (AvgIpc) is 3.03. The molecule has 2 aromatic carbocycles. The number of benzene rings is 2. The number of carbonyl (C=O) groups excluding carboxylic acids is 1. The number of para-hydroxylation sites is 1. The minimum Gasteiger partial charge on any atom is -0.364 e. The van der Waals surface area contributed by atoms with Gasteiger partial charge in [-0.15, -0.1) is 11.3 Å². The molecule has 6 heteroatoms. The molecule has 0 spiro atoms. The maximum atomic E-state index is 12.1. The van der Waals surface area contributed by atoms with Crippen LogP contribution in [-0.2, 0) is 29.2 Å². The van der Waals surface area contributed by atoms with Crippen molar-refractivity contribution in [3.63, 3.8) is 0 Å². The standard InChI is InChI=1S/C20H23N3O2S/c1-23(2)12-16-8-4-3-7-15(16)11-21-19(24)13-25-14-20-22-17-9-5-6-10-18(17)26-20/h3-10H,11-14H2,1-2H3,(H,21,24)/p+1. The second-order valence-electron chi connectivity index (χ2n) is 6.50. The van der Waals surface area contributed by atoms with Crippen molar-refractivity contribution < 1.29 is 14.4 Å². The summed E-state index contributed by atoms with van der Waals surface area (Å²) in [4.78, 5) is 17.9. The number of carbonyl (C=O) groups is 1. The second-order valence-corrected chi connectivity index (χ2v) is 7.61. The summed E-state index contributed by atoms with van der Waals surface area (Å²) < 4.78 is 6.66. The van der Waals surface area contributed by atoms with Crippen LogP contribution >= 0.6 is 11.3 Å². The van der Waals surface area contributed by atoms with Crippen LogP contribution in [0.15, 0.2) is 48.5 Å².